The van der Waals surface area contributed by atoms with Gasteiger partial charge in [-0.15, -0.1) is 0 Å². The van der Waals surface area contributed by atoms with Crippen LogP contribution in [0.1, 0.15) is 89.3 Å². The predicted octanol–water partition coefficient (Wildman–Crippen LogP) is 5.12. The maximum atomic E-state index is 12.5. The van der Waals surface area contributed by atoms with Crippen molar-refractivity contribution in [2.45, 2.75) is 91.5 Å². The van der Waals surface area contributed by atoms with E-state index >= 15 is 0 Å². The molecule has 1 aromatic heterocycles. The summed E-state index contributed by atoms with van der Waals surface area (Å²) in [5.41, 5.74) is 1.29. The van der Waals surface area contributed by atoms with Gasteiger partial charge in [0, 0.05) is 12.2 Å². The van der Waals surface area contributed by atoms with Gasteiger partial charge in [-0.1, -0.05) is 65.2 Å². The first-order valence-electron chi connectivity index (χ1n) is 9.58. The molecule has 4 nitrogen and oxygen atoms in total. The summed E-state index contributed by atoms with van der Waals surface area (Å²) in [6.07, 6.45) is 12.1. The van der Waals surface area contributed by atoms with Crippen molar-refractivity contribution in [3.63, 3.8) is 0 Å². The van der Waals surface area contributed by atoms with Crippen LogP contribution in [0.5, 0.6) is 0 Å². The molecule has 0 aliphatic rings. The molecule has 0 fully saturated rings. The number of hydrogen-bond donors (Lipinski definition) is 1. The zero-order valence-electron chi connectivity index (χ0n) is 15.7. The van der Waals surface area contributed by atoms with E-state index in [1.165, 1.54) is 44.9 Å². The second-order valence-electron chi connectivity index (χ2n) is 6.53. The molecule has 0 aromatic carbocycles. The SMILES string of the molecule is CCCCCCCCCCn1[nH]c(C)c(C(=S)OCCCC)c1=O. The van der Waals surface area contributed by atoms with Crippen LogP contribution in [0, 0.1) is 6.92 Å². The summed E-state index contributed by atoms with van der Waals surface area (Å²) in [6, 6.07) is 0. The molecule has 1 aromatic rings. The van der Waals surface area contributed by atoms with Gasteiger partial charge in [-0.05, 0) is 32.0 Å². The van der Waals surface area contributed by atoms with Crippen LogP contribution in [-0.4, -0.2) is 21.4 Å². The lowest BCUT2D eigenvalue weighted by atomic mass is 10.1. The lowest BCUT2D eigenvalue weighted by Gasteiger charge is -2.04. The molecule has 0 amide bonds. The number of aryl methyl sites for hydroxylation is 2. The molecule has 1 heterocycles. The van der Waals surface area contributed by atoms with Crippen LogP contribution in [0.4, 0.5) is 0 Å². The van der Waals surface area contributed by atoms with Crippen LogP contribution in [0.3, 0.4) is 0 Å². The van der Waals surface area contributed by atoms with Gasteiger partial charge in [-0.2, -0.15) is 0 Å². The highest BCUT2D eigenvalue weighted by atomic mass is 32.1. The first kappa shape index (κ1) is 20.9. The van der Waals surface area contributed by atoms with Crippen LogP contribution in [0.25, 0.3) is 0 Å². The van der Waals surface area contributed by atoms with E-state index in [-0.39, 0.29) is 5.56 Å². The number of hydrogen-bond acceptors (Lipinski definition) is 3. The van der Waals surface area contributed by atoms with Crippen molar-refractivity contribution in [2.75, 3.05) is 6.61 Å². The van der Waals surface area contributed by atoms with Gasteiger partial charge in [-0.25, -0.2) is 0 Å². The molecule has 0 bridgehead atoms. The minimum atomic E-state index is -0.0445. The molecule has 0 saturated carbocycles. The third-order valence-corrected chi connectivity index (χ3v) is 4.63. The molecule has 0 radical (unpaired) electrons. The van der Waals surface area contributed by atoms with Crippen molar-refractivity contribution in [1.82, 2.24) is 9.78 Å². The van der Waals surface area contributed by atoms with Crippen LogP contribution in [0.15, 0.2) is 4.79 Å². The molecular formula is C19H34N2O2S. The molecule has 0 aliphatic carbocycles. The molecule has 5 heteroatoms. The van der Waals surface area contributed by atoms with Crippen molar-refractivity contribution in [2.24, 2.45) is 0 Å². The molecule has 1 rings (SSSR count). The minimum absolute atomic E-state index is 0.0445. The van der Waals surface area contributed by atoms with Gasteiger partial charge >= 0.3 is 0 Å². The number of nitrogens with one attached hydrogen (secondary N) is 1. The fourth-order valence-electron chi connectivity index (χ4n) is 2.79. The number of rotatable bonds is 13. The highest BCUT2D eigenvalue weighted by Crippen LogP contribution is 2.09. The highest BCUT2D eigenvalue weighted by Gasteiger charge is 2.16. The number of aromatic amines is 1. The maximum Gasteiger partial charge on any atom is 0.278 e. The van der Waals surface area contributed by atoms with E-state index in [9.17, 15) is 4.79 Å². The fraction of sp³-hybridized carbons (Fsp3) is 0.789. The molecule has 0 atom stereocenters. The van der Waals surface area contributed by atoms with Gasteiger partial charge in [0.05, 0.1) is 6.61 Å². The summed E-state index contributed by atoms with van der Waals surface area (Å²) < 4.78 is 7.21. The van der Waals surface area contributed by atoms with E-state index in [4.69, 9.17) is 17.0 Å². The Kier molecular flexibility index (Phi) is 10.7. The lowest BCUT2D eigenvalue weighted by molar-refractivity contribution is 0.305. The van der Waals surface area contributed by atoms with E-state index in [0.717, 1.165) is 31.5 Å². The van der Waals surface area contributed by atoms with Crippen LogP contribution in [-0.2, 0) is 11.3 Å². The topological polar surface area (TPSA) is 47.0 Å². The number of unbranched alkanes of at least 4 members (excludes halogenated alkanes) is 8. The Labute approximate surface area is 152 Å². The smallest absolute Gasteiger partial charge is 0.278 e. The fourth-order valence-corrected chi connectivity index (χ4v) is 3.11. The van der Waals surface area contributed by atoms with Gasteiger partial charge < -0.3 is 4.74 Å². The molecule has 0 aliphatic heterocycles. The molecule has 24 heavy (non-hydrogen) atoms. The van der Waals surface area contributed by atoms with Crippen LogP contribution in [0.2, 0.25) is 0 Å². The summed E-state index contributed by atoms with van der Waals surface area (Å²) >= 11 is 5.27. The van der Waals surface area contributed by atoms with E-state index < -0.39 is 0 Å². The second-order valence-corrected chi connectivity index (χ2v) is 6.90. The Morgan fingerprint density at radius 2 is 1.58 bits per heavy atom. The van der Waals surface area contributed by atoms with Gasteiger partial charge in [0.2, 0.25) is 0 Å². The highest BCUT2D eigenvalue weighted by molar-refractivity contribution is 7.80. The van der Waals surface area contributed by atoms with Crippen molar-refractivity contribution in [3.05, 3.63) is 21.6 Å². The second kappa shape index (κ2) is 12.3. The van der Waals surface area contributed by atoms with Crippen molar-refractivity contribution in [1.29, 1.82) is 0 Å². The number of H-pyrrole nitrogens is 1. The zero-order chi connectivity index (χ0) is 17.8. The third-order valence-electron chi connectivity index (χ3n) is 4.31. The quantitative estimate of drug-likeness (QED) is 0.395. The predicted molar refractivity (Wildman–Crippen MR) is 105 cm³/mol. The molecule has 0 spiro atoms. The summed E-state index contributed by atoms with van der Waals surface area (Å²) in [5, 5.41) is 3.47. The minimum Gasteiger partial charge on any atom is -0.483 e. The van der Waals surface area contributed by atoms with Crippen LogP contribution >= 0.6 is 12.2 Å². The summed E-state index contributed by atoms with van der Waals surface area (Å²) in [5.74, 6) is 0. The van der Waals surface area contributed by atoms with Crippen LogP contribution < -0.4 is 5.56 Å². The van der Waals surface area contributed by atoms with E-state index in [1.54, 1.807) is 4.68 Å². The largest absolute Gasteiger partial charge is 0.483 e. The summed E-state index contributed by atoms with van der Waals surface area (Å²) in [7, 11) is 0. The molecule has 1 N–H and O–H groups in total. The number of nitrogens with zero attached hydrogens (tertiary/aromatic N) is 1. The van der Waals surface area contributed by atoms with Crippen molar-refractivity contribution < 1.29 is 4.74 Å². The number of thiocarbonyl (C=S) groups is 1. The molecular weight excluding hydrogens is 320 g/mol. The Bertz CT molecular complexity index is 534. The Balaban J connectivity index is 2.38. The van der Waals surface area contributed by atoms with E-state index in [2.05, 4.69) is 18.9 Å². The van der Waals surface area contributed by atoms with Gasteiger partial charge in [0.1, 0.15) is 5.56 Å². The number of aromatic nitrogens is 2. The van der Waals surface area contributed by atoms with Gasteiger partial charge in [0.15, 0.2) is 5.05 Å². The normalized spacial score (nSPS) is 11.0. The molecule has 138 valence electrons. The summed E-state index contributed by atoms with van der Waals surface area (Å²) in [4.78, 5) is 12.5. The first-order chi connectivity index (χ1) is 11.6. The average Bonchev–Trinajstić information content (AvgIpc) is 2.84. The molecule has 0 saturated heterocycles. The van der Waals surface area contributed by atoms with Gasteiger partial charge in [-0.3, -0.25) is 14.6 Å². The van der Waals surface area contributed by atoms with Crippen molar-refractivity contribution >= 4 is 17.3 Å². The lowest BCUT2D eigenvalue weighted by Crippen LogP contribution is -2.22. The summed E-state index contributed by atoms with van der Waals surface area (Å²) in [6.45, 7) is 7.54. The standard InChI is InChI=1S/C19H34N2O2S/c1-4-6-8-9-10-11-12-13-14-21-18(22)17(16(3)20-21)19(24)23-15-7-5-2/h20H,4-15H2,1-3H3. The monoisotopic (exact) mass is 354 g/mol. The maximum absolute atomic E-state index is 12.5. The van der Waals surface area contributed by atoms with E-state index in [1.807, 2.05) is 6.92 Å². The third kappa shape index (κ3) is 7.20. The van der Waals surface area contributed by atoms with Crippen molar-refractivity contribution in [3.8, 4) is 0 Å². The Morgan fingerprint density at radius 3 is 2.21 bits per heavy atom. The van der Waals surface area contributed by atoms with E-state index in [0.29, 0.717) is 17.2 Å². The Morgan fingerprint density at radius 1 is 1.00 bits per heavy atom. The zero-order valence-corrected chi connectivity index (χ0v) is 16.5. The number of ether oxygens (including phenoxy) is 1. The average molecular weight is 355 g/mol. The Hall–Kier alpha value is -1.10. The molecule has 0 unspecified atom stereocenters. The first-order valence-corrected chi connectivity index (χ1v) is 9.99. The van der Waals surface area contributed by atoms with Gasteiger partial charge in [0.25, 0.3) is 5.56 Å².